The highest BCUT2D eigenvalue weighted by molar-refractivity contribution is 9.10. The molecule has 1 aromatic carbocycles. The van der Waals surface area contributed by atoms with Gasteiger partial charge in [0.2, 0.25) is 11.7 Å². The van der Waals surface area contributed by atoms with E-state index >= 15 is 0 Å². The number of tetrazole rings is 1. The summed E-state index contributed by atoms with van der Waals surface area (Å²) in [5.74, 6) is 0.425. The molecule has 24 heavy (non-hydrogen) atoms. The lowest BCUT2D eigenvalue weighted by Gasteiger charge is -2.12. The molecule has 0 aliphatic heterocycles. The topological polar surface area (TPSA) is 72.7 Å². The Balaban J connectivity index is 1.48. The molecule has 1 aromatic heterocycles. The standard InChI is InChI=1S/C17H20BrN5O/c18-15-8-6-14(7-9-15)17-20-22-23(21-17)12-16(24)19-11-10-13-4-2-1-3-5-13/h4,6-9H,1-3,5,10-12H2,(H,19,24). The highest BCUT2D eigenvalue weighted by atomic mass is 79.9. The van der Waals surface area contributed by atoms with Gasteiger partial charge in [-0.2, -0.15) is 4.80 Å². The largest absolute Gasteiger partial charge is 0.354 e. The van der Waals surface area contributed by atoms with Crippen LogP contribution in [-0.2, 0) is 11.3 Å². The van der Waals surface area contributed by atoms with Crippen LogP contribution in [0.2, 0.25) is 0 Å². The molecule has 0 saturated heterocycles. The molecule has 0 spiro atoms. The smallest absolute Gasteiger partial charge is 0.243 e. The van der Waals surface area contributed by atoms with Crippen LogP contribution in [-0.4, -0.2) is 32.7 Å². The van der Waals surface area contributed by atoms with Crippen LogP contribution < -0.4 is 5.32 Å². The van der Waals surface area contributed by atoms with Crippen LogP contribution in [0, 0.1) is 0 Å². The molecule has 126 valence electrons. The predicted molar refractivity (Wildman–Crippen MR) is 95.1 cm³/mol. The van der Waals surface area contributed by atoms with E-state index in [0.29, 0.717) is 12.4 Å². The average Bonchev–Trinajstić information content (AvgIpc) is 3.05. The zero-order valence-corrected chi connectivity index (χ0v) is 15.0. The number of nitrogens with zero attached hydrogens (tertiary/aromatic N) is 4. The number of amides is 1. The molecule has 1 amide bonds. The van der Waals surface area contributed by atoms with Gasteiger partial charge in [-0.1, -0.05) is 27.6 Å². The normalized spacial score (nSPS) is 14.3. The molecule has 7 heteroatoms. The number of nitrogens with one attached hydrogen (secondary N) is 1. The number of benzene rings is 1. The van der Waals surface area contributed by atoms with E-state index < -0.39 is 0 Å². The van der Waals surface area contributed by atoms with Crippen LogP contribution in [0.3, 0.4) is 0 Å². The minimum Gasteiger partial charge on any atom is -0.354 e. The van der Waals surface area contributed by atoms with Gasteiger partial charge in [-0.15, -0.1) is 10.2 Å². The highest BCUT2D eigenvalue weighted by Gasteiger charge is 2.10. The molecule has 0 fully saturated rings. The molecule has 0 atom stereocenters. The zero-order valence-electron chi connectivity index (χ0n) is 13.4. The van der Waals surface area contributed by atoms with E-state index in [1.807, 2.05) is 24.3 Å². The molecule has 1 aliphatic carbocycles. The Morgan fingerprint density at radius 3 is 2.83 bits per heavy atom. The Morgan fingerprint density at radius 2 is 2.08 bits per heavy atom. The summed E-state index contributed by atoms with van der Waals surface area (Å²) in [5, 5.41) is 15.1. The summed E-state index contributed by atoms with van der Waals surface area (Å²) >= 11 is 3.39. The van der Waals surface area contributed by atoms with E-state index in [9.17, 15) is 4.79 Å². The Hall–Kier alpha value is -2.02. The molecular formula is C17H20BrN5O. The summed E-state index contributed by atoms with van der Waals surface area (Å²) in [7, 11) is 0. The first-order valence-electron chi connectivity index (χ1n) is 8.19. The maximum absolute atomic E-state index is 12.0. The van der Waals surface area contributed by atoms with Crippen molar-refractivity contribution in [3.63, 3.8) is 0 Å². The van der Waals surface area contributed by atoms with E-state index in [0.717, 1.165) is 22.9 Å². The van der Waals surface area contributed by atoms with Crippen molar-refractivity contribution in [3.05, 3.63) is 40.4 Å². The molecule has 0 unspecified atom stereocenters. The summed E-state index contributed by atoms with van der Waals surface area (Å²) in [4.78, 5) is 13.3. The van der Waals surface area contributed by atoms with Crippen molar-refractivity contribution in [1.82, 2.24) is 25.5 Å². The van der Waals surface area contributed by atoms with E-state index in [-0.39, 0.29) is 12.5 Å². The first-order chi connectivity index (χ1) is 11.7. The third-order valence-corrected chi connectivity index (χ3v) is 4.52. The van der Waals surface area contributed by atoms with Crippen molar-refractivity contribution < 1.29 is 4.79 Å². The van der Waals surface area contributed by atoms with Gasteiger partial charge in [0.1, 0.15) is 6.54 Å². The molecule has 1 N–H and O–H groups in total. The molecule has 3 rings (SSSR count). The fourth-order valence-corrected chi connectivity index (χ4v) is 2.97. The van der Waals surface area contributed by atoms with Crippen molar-refractivity contribution in [3.8, 4) is 11.4 Å². The summed E-state index contributed by atoms with van der Waals surface area (Å²) in [6, 6.07) is 7.65. The van der Waals surface area contributed by atoms with E-state index in [2.05, 4.69) is 42.7 Å². The van der Waals surface area contributed by atoms with Crippen molar-refractivity contribution >= 4 is 21.8 Å². The summed E-state index contributed by atoms with van der Waals surface area (Å²) in [6.07, 6.45) is 8.12. The lowest BCUT2D eigenvalue weighted by molar-refractivity contribution is -0.122. The number of halogens is 1. The summed E-state index contributed by atoms with van der Waals surface area (Å²) < 4.78 is 0.992. The van der Waals surface area contributed by atoms with Crippen molar-refractivity contribution in [1.29, 1.82) is 0 Å². The first kappa shape index (κ1) is 16.8. The highest BCUT2D eigenvalue weighted by Crippen LogP contribution is 2.19. The molecule has 0 saturated carbocycles. The fourth-order valence-electron chi connectivity index (χ4n) is 2.70. The van der Waals surface area contributed by atoms with Crippen LogP contribution in [0.1, 0.15) is 32.1 Å². The lowest BCUT2D eigenvalue weighted by atomic mass is 9.97. The average molecular weight is 390 g/mol. The SMILES string of the molecule is O=C(Cn1nnc(-c2ccc(Br)cc2)n1)NCCC1=CCCCC1. The van der Waals surface area contributed by atoms with Gasteiger partial charge in [0.05, 0.1) is 0 Å². The van der Waals surface area contributed by atoms with Crippen LogP contribution in [0.4, 0.5) is 0 Å². The first-order valence-corrected chi connectivity index (χ1v) is 8.98. The van der Waals surface area contributed by atoms with Gasteiger partial charge in [-0.05, 0) is 61.6 Å². The Kier molecular flexibility index (Phi) is 5.74. The molecular weight excluding hydrogens is 370 g/mol. The number of rotatable bonds is 6. The quantitative estimate of drug-likeness (QED) is 0.770. The lowest BCUT2D eigenvalue weighted by Crippen LogP contribution is -2.29. The second-order valence-electron chi connectivity index (χ2n) is 5.86. The third kappa shape index (κ3) is 4.74. The van der Waals surface area contributed by atoms with E-state index in [4.69, 9.17) is 0 Å². The Labute approximate surface area is 149 Å². The van der Waals surface area contributed by atoms with Crippen LogP contribution in [0.25, 0.3) is 11.4 Å². The second kappa shape index (κ2) is 8.19. The zero-order chi connectivity index (χ0) is 16.8. The van der Waals surface area contributed by atoms with Gasteiger partial charge < -0.3 is 5.32 Å². The second-order valence-corrected chi connectivity index (χ2v) is 6.77. The number of carbonyl (C=O) groups excluding carboxylic acids is 1. The Morgan fingerprint density at radius 1 is 1.25 bits per heavy atom. The van der Waals surface area contributed by atoms with Gasteiger partial charge in [0.25, 0.3) is 0 Å². The van der Waals surface area contributed by atoms with Gasteiger partial charge in [0.15, 0.2) is 0 Å². The molecule has 0 radical (unpaired) electrons. The number of hydrogen-bond acceptors (Lipinski definition) is 4. The molecule has 1 aliphatic rings. The molecule has 1 heterocycles. The maximum atomic E-state index is 12.0. The van der Waals surface area contributed by atoms with Crippen LogP contribution in [0.15, 0.2) is 40.4 Å². The Bertz CT molecular complexity index is 723. The van der Waals surface area contributed by atoms with Gasteiger partial charge in [-0.3, -0.25) is 4.79 Å². The van der Waals surface area contributed by atoms with Crippen LogP contribution in [0.5, 0.6) is 0 Å². The number of aromatic nitrogens is 4. The number of allylic oxidation sites excluding steroid dienone is 1. The number of hydrogen-bond donors (Lipinski definition) is 1. The minimum atomic E-state index is -0.0915. The van der Waals surface area contributed by atoms with E-state index in [1.165, 1.54) is 29.6 Å². The molecule has 0 bridgehead atoms. The van der Waals surface area contributed by atoms with Crippen molar-refractivity contribution in [2.75, 3.05) is 6.54 Å². The molecule has 2 aromatic rings. The van der Waals surface area contributed by atoms with Crippen molar-refractivity contribution in [2.24, 2.45) is 0 Å². The van der Waals surface area contributed by atoms with Crippen LogP contribution >= 0.6 is 15.9 Å². The minimum absolute atomic E-state index is 0.0859. The third-order valence-electron chi connectivity index (χ3n) is 3.99. The fraction of sp³-hybridized carbons (Fsp3) is 0.412. The summed E-state index contributed by atoms with van der Waals surface area (Å²) in [6.45, 7) is 0.751. The predicted octanol–water partition coefficient (Wildman–Crippen LogP) is 3.11. The maximum Gasteiger partial charge on any atom is 0.243 e. The van der Waals surface area contributed by atoms with E-state index in [1.54, 1.807) is 0 Å². The van der Waals surface area contributed by atoms with Gasteiger partial charge >= 0.3 is 0 Å². The molecule has 6 nitrogen and oxygen atoms in total. The number of carbonyl (C=O) groups is 1. The van der Waals surface area contributed by atoms with Crippen molar-refractivity contribution in [2.45, 2.75) is 38.6 Å². The van der Waals surface area contributed by atoms with Gasteiger partial charge in [0, 0.05) is 16.6 Å². The monoisotopic (exact) mass is 389 g/mol. The summed E-state index contributed by atoms with van der Waals surface area (Å²) in [5.41, 5.74) is 2.33. The van der Waals surface area contributed by atoms with Gasteiger partial charge in [-0.25, -0.2) is 0 Å².